The fraction of sp³-hybridized carbons (Fsp3) is 0. The van der Waals surface area contributed by atoms with E-state index in [0.29, 0.717) is 0 Å². The van der Waals surface area contributed by atoms with E-state index < -0.39 is 0 Å². The molecule has 0 aliphatic rings. The Morgan fingerprint density at radius 2 is 1.00 bits per heavy atom. The van der Waals surface area contributed by atoms with Gasteiger partial charge in [-0.1, -0.05) is 0 Å². The van der Waals surface area contributed by atoms with Gasteiger partial charge in [-0.25, -0.2) is 0 Å². The van der Waals surface area contributed by atoms with Crippen molar-refractivity contribution in [3.63, 3.8) is 0 Å². The minimum absolute atomic E-state index is 0. The minimum Gasteiger partial charge on any atom is -2.00 e. The molecule has 0 heterocycles. The third-order valence-electron chi connectivity index (χ3n) is 0. The summed E-state index contributed by atoms with van der Waals surface area (Å²) < 4.78 is 0. The van der Waals surface area contributed by atoms with Crippen molar-refractivity contribution in [1.29, 1.82) is 0 Å². The van der Waals surface area contributed by atoms with Crippen molar-refractivity contribution < 1.29 is 46.8 Å². The maximum absolute atomic E-state index is 0. The zero-order valence-electron chi connectivity index (χ0n) is 2.53. The van der Waals surface area contributed by atoms with E-state index in [1.165, 1.54) is 0 Å². The van der Waals surface area contributed by atoms with Gasteiger partial charge in [0.15, 0.2) is 0 Å². The molecule has 0 saturated heterocycles. The molecule has 0 radical (unpaired) electrons. The van der Waals surface area contributed by atoms with Gasteiger partial charge in [0.25, 0.3) is 0 Å². The molecular weight excluding hydrogens is 281 g/mol. The molecule has 0 fully saturated rings. The fourth-order valence-corrected chi connectivity index (χ4v) is 0. The maximum atomic E-state index is 0. The number of rotatable bonds is 0. The van der Waals surface area contributed by atoms with E-state index in [9.17, 15) is 0 Å². The molecule has 0 nitrogen and oxygen atoms in total. The van der Waals surface area contributed by atoms with Crippen molar-refractivity contribution in [3.8, 4) is 0 Å². The van der Waals surface area contributed by atoms with Crippen molar-refractivity contribution in [1.82, 2.24) is 0 Å². The third kappa shape index (κ3) is 8.85. The molecule has 0 saturated carbocycles. The van der Waals surface area contributed by atoms with E-state index in [1.807, 2.05) is 0 Å². The molecule has 0 amide bonds. The van der Waals surface area contributed by atoms with Crippen molar-refractivity contribution >= 4 is 40.1 Å². The predicted octanol–water partition coefficient (Wildman–Crippen LogP) is -0.767. The fourth-order valence-electron chi connectivity index (χ4n) is 0. The summed E-state index contributed by atoms with van der Waals surface area (Å²) in [4.78, 5) is 0. The zero-order chi connectivity index (χ0) is 0. The molecular formula is CdMgSeZn. The van der Waals surface area contributed by atoms with Crippen LogP contribution in [0.5, 0.6) is 0 Å². The summed E-state index contributed by atoms with van der Waals surface area (Å²) in [5.74, 6) is 0. The summed E-state index contributed by atoms with van der Waals surface area (Å²) in [6.45, 7) is 0. The topological polar surface area (TPSA) is 0 Å². The first kappa shape index (κ1) is 29.0. The first-order valence-corrected chi connectivity index (χ1v) is 0. The molecule has 0 rings (SSSR count). The van der Waals surface area contributed by atoms with Crippen LogP contribution in [-0.2, 0) is 46.8 Å². The van der Waals surface area contributed by atoms with E-state index >= 15 is 0 Å². The second-order valence-electron chi connectivity index (χ2n) is 0. The number of hydrogen-bond donors (Lipinski definition) is 0. The first-order valence-electron chi connectivity index (χ1n) is 0. The second-order valence-corrected chi connectivity index (χ2v) is 0. The van der Waals surface area contributed by atoms with Gasteiger partial charge in [-0.15, -0.1) is 0 Å². The summed E-state index contributed by atoms with van der Waals surface area (Å²) in [5.41, 5.74) is 0. The van der Waals surface area contributed by atoms with Crippen LogP contribution in [0.25, 0.3) is 0 Å². The minimum atomic E-state index is 0. The largest absolute Gasteiger partial charge is 2.00 e. The van der Waals surface area contributed by atoms with Crippen molar-refractivity contribution in [3.05, 3.63) is 0 Å². The Balaban J connectivity index is 0. The Hall–Kier alpha value is 2.83. The van der Waals surface area contributed by atoms with Crippen LogP contribution in [0.2, 0.25) is 0 Å². The Morgan fingerprint density at radius 1 is 1.00 bits per heavy atom. The summed E-state index contributed by atoms with van der Waals surface area (Å²) in [6.07, 6.45) is 0. The van der Waals surface area contributed by atoms with Gasteiger partial charge in [-0.3, -0.25) is 0 Å². The van der Waals surface area contributed by atoms with Crippen LogP contribution in [0, 0.1) is 0 Å². The Labute approximate surface area is 85.4 Å². The molecule has 0 aromatic rings. The van der Waals surface area contributed by atoms with Crippen molar-refractivity contribution in [2.75, 3.05) is 0 Å². The average Bonchev–Trinajstić information content (AvgIpc) is 0. The molecule has 4 heteroatoms. The molecule has 0 atom stereocenters. The van der Waals surface area contributed by atoms with E-state index in [0.717, 1.165) is 0 Å². The Kier molecular flexibility index (Phi) is 123. The predicted molar refractivity (Wildman–Crippen MR) is 11.5 cm³/mol. The van der Waals surface area contributed by atoms with Crippen LogP contribution in [0.3, 0.4) is 0 Å². The van der Waals surface area contributed by atoms with Crippen LogP contribution >= 0.6 is 0 Å². The Morgan fingerprint density at radius 3 is 1.00 bits per heavy atom. The summed E-state index contributed by atoms with van der Waals surface area (Å²) in [5, 5.41) is 0. The normalized spacial score (nSPS) is 0. The SMILES string of the molecule is [Cd].[Mg+2].[Se-2].[Zn]. The van der Waals surface area contributed by atoms with Crippen LogP contribution in [-0.4, -0.2) is 40.1 Å². The van der Waals surface area contributed by atoms with Gasteiger partial charge in [-0.2, -0.15) is 0 Å². The summed E-state index contributed by atoms with van der Waals surface area (Å²) in [6, 6.07) is 0. The molecule has 0 unspecified atom stereocenters. The molecule has 0 aliphatic carbocycles. The van der Waals surface area contributed by atoms with E-state index in [4.69, 9.17) is 0 Å². The molecule has 12 valence electrons. The number of hydrogen-bond acceptors (Lipinski definition) is 0. The van der Waals surface area contributed by atoms with Crippen molar-refractivity contribution in [2.45, 2.75) is 0 Å². The van der Waals surface area contributed by atoms with Crippen molar-refractivity contribution in [2.24, 2.45) is 0 Å². The van der Waals surface area contributed by atoms with Crippen LogP contribution in [0.4, 0.5) is 0 Å². The third-order valence-corrected chi connectivity index (χ3v) is 0. The van der Waals surface area contributed by atoms with Gasteiger partial charge >= 0.3 is 23.1 Å². The maximum Gasteiger partial charge on any atom is 2.00 e. The van der Waals surface area contributed by atoms with Gasteiger partial charge in [0.05, 0.1) is 0 Å². The quantitative estimate of drug-likeness (QED) is 0.512. The zero-order valence-corrected chi connectivity index (χ0v) is 12.7. The smallest absolute Gasteiger partial charge is 2.00 e. The Bertz CT molecular complexity index is 8.00. The van der Waals surface area contributed by atoms with E-state index in [2.05, 4.69) is 0 Å². The molecule has 0 spiro atoms. The van der Waals surface area contributed by atoms with Gasteiger partial charge in [0.1, 0.15) is 0 Å². The monoisotopic (exact) mass is 282 g/mol. The van der Waals surface area contributed by atoms with E-state index in [-0.39, 0.29) is 86.9 Å². The van der Waals surface area contributed by atoms with Gasteiger partial charge in [0.2, 0.25) is 0 Å². The van der Waals surface area contributed by atoms with Gasteiger partial charge < -0.3 is 17.1 Å². The molecule has 4 heavy (non-hydrogen) atoms. The second kappa shape index (κ2) is 17.0. The molecule has 0 aromatic heterocycles. The van der Waals surface area contributed by atoms with Gasteiger partial charge in [-0.05, 0) is 0 Å². The van der Waals surface area contributed by atoms with Crippen LogP contribution < -0.4 is 0 Å². The summed E-state index contributed by atoms with van der Waals surface area (Å²) >= 11 is 0. The molecule has 0 N–H and O–H groups in total. The van der Waals surface area contributed by atoms with Crippen LogP contribution in [0.15, 0.2) is 0 Å². The van der Waals surface area contributed by atoms with E-state index in [1.54, 1.807) is 0 Å². The van der Waals surface area contributed by atoms with Gasteiger partial charge in [0, 0.05) is 46.8 Å². The summed E-state index contributed by atoms with van der Waals surface area (Å²) in [7, 11) is 0. The standard InChI is InChI=1S/Cd.Mg.Se.Zn/q;+2;-2;. The average molecular weight is 281 g/mol. The van der Waals surface area contributed by atoms with Crippen LogP contribution in [0.1, 0.15) is 0 Å². The molecule has 0 bridgehead atoms. The molecule has 0 aromatic carbocycles. The molecule has 0 aliphatic heterocycles. The first-order chi connectivity index (χ1) is 0.